The van der Waals surface area contributed by atoms with Crippen LogP contribution < -0.4 is 4.90 Å². The van der Waals surface area contributed by atoms with Crippen LogP contribution in [-0.4, -0.2) is 14.1 Å². The minimum atomic E-state index is -0.142. The molecule has 0 N–H and O–H groups in total. The third-order valence-corrected chi connectivity index (χ3v) is 11.1. The second-order valence-electron chi connectivity index (χ2n) is 7.14. The predicted octanol–water partition coefficient (Wildman–Crippen LogP) is 13.9. The van der Waals surface area contributed by atoms with Gasteiger partial charge in [-0.3, -0.25) is 0 Å². The summed E-state index contributed by atoms with van der Waals surface area (Å²) in [5.41, 5.74) is 0.342. The van der Waals surface area contributed by atoms with Gasteiger partial charge in [-0.05, 0) is 0 Å². The summed E-state index contributed by atoms with van der Waals surface area (Å²) in [6.07, 6.45) is 0. The Bertz CT molecular complexity index is 1260. The highest BCUT2D eigenvalue weighted by atomic mass is 35.5. The molecule has 0 saturated heterocycles. The summed E-state index contributed by atoms with van der Waals surface area (Å²) in [5, 5.41) is -1.33. The third kappa shape index (κ3) is 5.28. The molecule has 193 valence electrons. The molecule has 3 rings (SSSR count). The number of hydrogen-bond donors (Lipinski definition) is 0. The molecule has 0 spiro atoms. The van der Waals surface area contributed by atoms with Crippen LogP contribution in [0.4, 0.5) is 5.69 Å². The molecule has 3 aromatic rings. The Hall–Kier alpha value is 1.52. The van der Waals surface area contributed by atoms with Crippen molar-refractivity contribution in [2.45, 2.75) is 0 Å². The number of anilines is 1. The quantitative estimate of drug-likeness (QED) is 0.145. The van der Waals surface area contributed by atoms with E-state index in [1.54, 1.807) is 19.0 Å². The van der Waals surface area contributed by atoms with Crippen LogP contribution >= 0.6 is 162 Å². The van der Waals surface area contributed by atoms with Crippen molar-refractivity contribution in [3.8, 4) is 0 Å². The lowest BCUT2D eigenvalue weighted by Crippen LogP contribution is -2.14. The fourth-order valence-corrected chi connectivity index (χ4v) is 7.28. The van der Waals surface area contributed by atoms with E-state index in [-0.39, 0.29) is 92.9 Å². The van der Waals surface area contributed by atoms with Gasteiger partial charge >= 0.3 is 0 Å². The van der Waals surface area contributed by atoms with Gasteiger partial charge in [0.05, 0.1) is 81.9 Å². The molecule has 0 bridgehead atoms. The van der Waals surface area contributed by atoms with E-state index in [0.29, 0.717) is 5.69 Å². The van der Waals surface area contributed by atoms with Gasteiger partial charge in [0, 0.05) is 30.8 Å². The zero-order chi connectivity index (χ0) is 27.5. The molecule has 0 aliphatic rings. The van der Waals surface area contributed by atoms with E-state index in [9.17, 15) is 0 Å². The van der Waals surface area contributed by atoms with Crippen LogP contribution in [0.2, 0.25) is 70.3 Å². The van der Waals surface area contributed by atoms with Crippen LogP contribution in [0.1, 0.15) is 16.7 Å². The van der Waals surface area contributed by atoms with Gasteiger partial charge in [-0.15, -0.1) is 0 Å². The second kappa shape index (κ2) is 12.2. The second-order valence-corrected chi connectivity index (χ2v) is 12.4. The van der Waals surface area contributed by atoms with Crippen molar-refractivity contribution in [3.05, 3.63) is 92.9 Å². The van der Waals surface area contributed by atoms with Crippen molar-refractivity contribution in [1.29, 1.82) is 0 Å². The molecule has 1 nitrogen and oxygen atoms in total. The Labute approximate surface area is 277 Å². The fraction of sp³-hybridized carbons (Fsp3) is 0.0952. The minimum Gasteiger partial charge on any atom is -0.375 e. The number of hydrogen-bond acceptors (Lipinski definition) is 1. The van der Waals surface area contributed by atoms with E-state index < -0.39 is 0 Å². The molecule has 0 heterocycles. The number of rotatable bonds is 4. The molecule has 0 amide bonds. The molecule has 0 unspecified atom stereocenters. The first-order chi connectivity index (χ1) is 16.6. The molecule has 15 heteroatoms. The Morgan fingerprint density at radius 1 is 0.333 bits per heavy atom. The molecular formula is C21H6Cl14N. The molecule has 0 atom stereocenters. The molecular weight excluding hydrogens is 763 g/mol. The van der Waals surface area contributed by atoms with Crippen molar-refractivity contribution in [1.82, 2.24) is 0 Å². The minimum absolute atomic E-state index is 0.00467. The van der Waals surface area contributed by atoms with E-state index in [2.05, 4.69) is 0 Å². The summed E-state index contributed by atoms with van der Waals surface area (Å²) in [5.74, 6) is 0.00467. The predicted molar refractivity (Wildman–Crippen MR) is 164 cm³/mol. The summed E-state index contributed by atoms with van der Waals surface area (Å²) in [4.78, 5) is 1.62. The Morgan fingerprint density at radius 2 is 0.528 bits per heavy atom. The summed E-state index contributed by atoms with van der Waals surface area (Å²) in [6.45, 7) is 0. The highest BCUT2D eigenvalue weighted by molar-refractivity contribution is 6.58. The van der Waals surface area contributed by atoms with E-state index in [1.165, 1.54) is 0 Å². The first kappa shape index (κ1) is 32.0. The maximum Gasteiger partial charge on any atom is 0.0845 e. The summed E-state index contributed by atoms with van der Waals surface area (Å²) < 4.78 is 0. The van der Waals surface area contributed by atoms with Crippen molar-refractivity contribution in [2.75, 3.05) is 19.0 Å². The fourth-order valence-electron chi connectivity index (χ4n) is 3.26. The zero-order valence-corrected chi connectivity index (χ0v) is 27.8. The molecule has 36 heavy (non-hydrogen) atoms. The SMILES string of the molecule is CN(C)c1c(Cl)c(Cl)c([C](c2c(Cl)c(Cl)c(Cl)c(Cl)c2Cl)c2c(Cl)c(Cl)c(Cl)c(Cl)c2Cl)c(Cl)c1Cl. The van der Waals surface area contributed by atoms with Gasteiger partial charge in [0.25, 0.3) is 0 Å². The monoisotopic (exact) mass is 762 g/mol. The van der Waals surface area contributed by atoms with Crippen molar-refractivity contribution in [3.63, 3.8) is 0 Å². The standard InChI is InChI=1S/C21H6Cl14N/c1-36(2)21-19(34)11(26)6(12(27)20(21)35)3(4-7(22)13(28)17(32)14(29)8(4)23)5-9(24)15(30)18(33)16(31)10(5)25/h1-2H3. The Kier molecular flexibility index (Phi) is 10.8. The van der Waals surface area contributed by atoms with Crippen molar-refractivity contribution >= 4 is 168 Å². The van der Waals surface area contributed by atoms with Gasteiger partial charge in [0.1, 0.15) is 0 Å². The highest BCUT2D eigenvalue weighted by Crippen LogP contribution is 2.58. The Balaban J connectivity index is 2.68. The number of halogens is 14. The lowest BCUT2D eigenvalue weighted by molar-refractivity contribution is 1.13. The van der Waals surface area contributed by atoms with Crippen molar-refractivity contribution < 1.29 is 0 Å². The number of benzene rings is 3. The molecule has 0 fully saturated rings. The van der Waals surface area contributed by atoms with E-state index in [1.807, 2.05) is 0 Å². The first-order valence-corrected chi connectivity index (χ1v) is 14.3. The van der Waals surface area contributed by atoms with Gasteiger partial charge in [0.15, 0.2) is 0 Å². The third-order valence-electron chi connectivity index (χ3n) is 4.86. The van der Waals surface area contributed by atoms with E-state index >= 15 is 0 Å². The lowest BCUT2D eigenvalue weighted by Gasteiger charge is -2.29. The molecule has 0 aliphatic heterocycles. The largest absolute Gasteiger partial charge is 0.375 e. The van der Waals surface area contributed by atoms with E-state index in [4.69, 9.17) is 162 Å². The van der Waals surface area contributed by atoms with Crippen LogP contribution in [-0.2, 0) is 0 Å². The molecule has 0 aliphatic carbocycles. The smallest absolute Gasteiger partial charge is 0.0845 e. The molecule has 0 aromatic heterocycles. The normalized spacial score (nSPS) is 11.6. The van der Waals surface area contributed by atoms with Gasteiger partial charge < -0.3 is 4.90 Å². The lowest BCUT2D eigenvalue weighted by atomic mass is 9.84. The van der Waals surface area contributed by atoms with Gasteiger partial charge in [-0.1, -0.05) is 162 Å². The average Bonchev–Trinajstić information content (AvgIpc) is 2.82. The average molecular weight is 769 g/mol. The van der Waals surface area contributed by atoms with Crippen LogP contribution in [0.5, 0.6) is 0 Å². The van der Waals surface area contributed by atoms with Crippen LogP contribution in [0.25, 0.3) is 0 Å². The summed E-state index contributed by atoms with van der Waals surface area (Å²) >= 11 is 91.2. The van der Waals surface area contributed by atoms with Gasteiger partial charge in [-0.25, -0.2) is 0 Å². The maximum absolute atomic E-state index is 6.77. The number of nitrogens with zero attached hydrogens (tertiary/aromatic N) is 1. The Morgan fingerprint density at radius 3 is 0.750 bits per heavy atom. The van der Waals surface area contributed by atoms with Gasteiger partial charge in [0.2, 0.25) is 0 Å². The molecule has 3 aromatic carbocycles. The van der Waals surface area contributed by atoms with Crippen LogP contribution in [0.15, 0.2) is 0 Å². The maximum atomic E-state index is 6.77. The van der Waals surface area contributed by atoms with E-state index in [0.717, 1.165) is 0 Å². The summed E-state index contributed by atoms with van der Waals surface area (Å²) in [7, 11) is 3.39. The first-order valence-electron chi connectivity index (χ1n) is 9.01. The van der Waals surface area contributed by atoms with Crippen molar-refractivity contribution in [2.24, 2.45) is 0 Å². The van der Waals surface area contributed by atoms with Gasteiger partial charge in [-0.2, -0.15) is 0 Å². The summed E-state index contributed by atoms with van der Waals surface area (Å²) in [6, 6.07) is 0. The highest BCUT2D eigenvalue weighted by Gasteiger charge is 2.38. The topological polar surface area (TPSA) is 3.24 Å². The van der Waals surface area contributed by atoms with Crippen LogP contribution in [0, 0.1) is 5.92 Å². The zero-order valence-electron chi connectivity index (χ0n) is 17.2. The van der Waals surface area contributed by atoms with Crippen LogP contribution in [0.3, 0.4) is 0 Å². The molecule has 1 radical (unpaired) electrons. The molecule has 0 saturated carbocycles.